The van der Waals surface area contributed by atoms with Gasteiger partial charge in [0.05, 0.1) is 26.0 Å². The Kier molecular flexibility index (Phi) is 5.76. The van der Waals surface area contributed by atoms with Crippen LogP contribution in [0.15, 0.2) is 64.2 Å². The van der Waals surface area contributed by atoms with Crippen LogP contribution in [0, 0.1) is 0 Å². The summed E-state index contributed by atoms with van der Waals surface area (Å²) in [5, 5.41) is 0. The highest BCUT2D eigenvalue weighted by Crippen LogP contribution is 2.25. The molecule has 0 spiro atoms. The van der Waals surface area contributed by atoms with Gasteiger partial charge in [-0.1, -0.05) is 6.07 Å². The molecule has 1 N–H and O–H groups in total. The van der Waals surface area contributed by atoms with Crippen molar-refractivity contribution in [1.29, 1.82) is 0 Å². The van der Waals surface area contributed by atoms with E-state index in [-0.39, 0.29) is 22.8 Å². The molecule has 0 saturated carbocycles. The molecule has 0 saturated heterocycles. The van der Waals surface area contributed by atoms with E-state index in [9.17, 15) is 13.2 Å². The van der Waals surface area contributed by atoms with Crippen molar-refractivity contribution in [2.75, 3.05) is 14.2 Å². The topological polar surface area (TPSA) is 108 Å². The number of carbonyl (C=O) groups is 1. The molecular formula is C19H18N2O6S. The quantitative estimate of drug-likeness (QED) is 0.605. The normalized spacial score (nSPS) is 11.2. The molecule has 0 aliphatic rings. The van der Waals surface area contributed by atoms with Crippen LogP contribution in [0.1, 0.15) is 15.9 Å². The third-order valence-electron chi connectivity index (χ3n) is 3.94. The van der Waals surface area contributed by atoms with Gasteiger partial charge in [-0.05, 0) is 42.0 Å². The zero-order valence-corrected chi connectivity index (χ0v) is 16.0. The third kappa shape index (κ3) is 4.21. The third-order valence-corrected chi connectivity index (χ3v) is 5.36. The van der Waals surface area contributed by atoms with E-state index in [0.717, 1.165) is 0 Å². The number of nitrogens with one attached hydrogen (secondary N) is 1. The predicted molar refractivity (Wildman–Crippen MR) is 100 cm³/mol. The Balaban J connectivity index is 1.79. The van der Waals surface area contributed by atoms with Crippen LogP contribution in [-0.2, 0) is 21.3 Å². The second kappa shape index (κ2) is 8.24. The van der Waals surface area contributed by atoms with Crippen molar-refractivity contribution < 1.29 is 27.1 Å². The zero-order chi connectivity index (χ0) is 20.1. The number of benzene rings is 1. The van der Waals surface area contributed by atoms with E-state index in [1.54, 1.807) is 36.7 Å². The molecule has 3 rings (SSSR count). The highest BCUT2D eigenvalue weighted by Gasteiger charge is 2.22. The fourth-order valence-electron chi connectivity index (χ4n) is 2.49. The van der Waals surface area contributed by atoms with Crippen molar-refractivity contribution in [2.24, 2.45) is 0 Å². The first-order valence-electron chi connectivity index (χ1n) is 8.19. The van der Waals surface area contributed by atoms with Crippen molar-refractivity contribution in [3.63, 3.8) is 0 Å². The standard InChI is InChI=1S/C19H18N2O6S/c1-25-17-8-6-14(19(22)26-2)10-18(17)28(23,24)21-12-13-5-7-15(20-11-13)16-4-3-9-27-16/h3-11,21H,12H2,1-2H3. The second-order valence-corrected chi connectivity index (χ2v) is 7.45. The average Bonchev–Trinajstić information content (AvgIpc) is 3.26. The van der Waals surface area contributed by atoms with Gasteiger partial charge < -0.3 is 13.9 Å². The van der Waals surface area contributed by atoms with Crippen LogP contribution in [0.25, 0.3) is 11.5 Å². The summed E-state index contributed by atoms with van der Waals surface area (Å²) in [5.74, 6) is 0.0970. The van der Waals surface area contributed by atoms with Gasteiger partial charge in [0.1, 0.15) is 16.3 Å². The van der Waals surface area contributed by atoms with Crippen molar-refractivity contribution in [1.82, 2.24) is 9.71 Å². The Hall–Kier alpha value is -3.17. The highest BCUT2D eigenvalue weighted by molar-refractivity contribution is 7.89. The number of ether oxygens (including phenoxy) is 2. The number of furan rings is 1. The van der Waals surface area contributed by atoms with Gasteiger partial charge in [-0.2, -0.15) is 0 Å². The molecule has 0 bridgehead atoms. The van der Waals surface area contributed by atoms with E-state index >= 15 is 0 Å². The molecule has 0 unspecified atom stereocenters. The first kappa shape index (κ1) is 19.6. The lowest BCUT2D eigenvalue weighted by molar-refractivity contribution is 0.0600. The van der Waals surface area contributed by atoms with Crippen molar-refractivity contribution in [2.45, 2.75) is 11.4 Å². The lowest BCUT2D eigenvalue weighted by Gasteiger charge is -2.12. The molecule has 0 atom stereocenters. The van der Waals surface area contributed by atoms with Crippen LogP contribution in [0.2, 0.25) is 0 Å². The largest absolute Gasteiger partial charge is 0.495 e. The van der Waals surface area contributed by atoms with Crippen LogP contribution in [0.3, 0.4) is 0 Å². The Bertz CT molecular complexity index is 1060. The maximum Gasteiger partial charge on any atom is 0.337 e. The Labute approximate surface area is 162 Å². The van der Waals surface area contributed by atoms with E-state index in [1.807, 2.05) is 0 Å². The number of nitrogens with zero attached hydrogens (tertiary/aromatic N) is 1. The monoisotopic (exact) mass is 402 g/mol. The molecule has 0 amide bonds. The average molecular weight is 402 g/mol. The first-order chi connectivity index (χ1) is 13.4. The summed E-state index contributed by atoms with van der Waals surface area (Å²) in [7, 11) is -1.38. The molecule has 0 aliphatic heterocycles. The lowest BCUT2D eigenvalue weighted by atomic mass is 10.2. The van der Waals surface area contributed by atoms with Gasteiger partial charge in [0.2, 0.25) is 10.0 Å². The summed E-state index contributed by atoms with van der Waals surface area (Å²) in [5.41, 5.74) is 1.40. The lowest BCUT2D eigenvalue weighted by Crippen LogP contribution is -2.24. The summed E-state index contributed by atoms with van der Waals surface area (Å²) < 4.78 is 43.0. The second-order valence-electron chi connectivity index (χ2n) is 5.71. The van der Waals surface area contributed by atoms with Crippen molar-refractivity contribution in [3.8, 4) is 17.2 Å². The molecule has 0 aliphatic carbocycles. The van der Waals surface area contributed by atoms with Crippen molar-refractivity contribution in [3.05, 3.63) is 66.1 Å². The van der Waals surface area contributed by atoms with Crippen LogP contribution >= 0.6 is 0 Å². The number of rotatable bonds is 7. The van der Waals surface area contributed by atoms with Gasteiger partial charge in [0, 0.05) is 12.7 Å². The molecule has 0 fully saturated rings. The Morgan fingerprint density at radius 1 is 1.18 bits per heavy atom. The summed E-state index contributed by atoms with van der Waals surface area (Å²) in [6.07, 6.45) is 3.11. The molecule has 28 heavy (non-hydrogen) atoms. The fourth-order valence-corrected chi connectivity index (χ4v) is 3.70. The van der Waals surface area contributed by atoms with E-state index in [2.05, 4.69) is 14.4 Å². The van der Waals surface area contributed by atoms with Crippen LogP contribution in [0.4, 0.5) is 0 Å². The molecule has 3 aromatic rings. The summed E-state index contributed by atoms with van der Waals surface area (Å²) in [6, 6.07) is 11.1. The molecule has 2 heterocycles. The van der Waals surface area contributed by atoms with Crippen LogP contribution in [-0.4, -0.2) is 33.6 Å². The molecule has 1 aromatic carbocycles. The van der Waals surface area contributed by atoms with E-state index in [4.69, 9.17) is 9.15 Å². The SMILES string of the molecule is COC(=O)c1ccc(OC)c(S(=O)(=O)NCc2ccc(-c3ccco3)nc2)c1. The smallest absolute Gasteiger partial charge is 0.337 e. The fraction of sp³-hybridized carbons (Fsp3) is 0.158. The summed E-state index contributed by atoms with van der Waals surface area (Å²) in [4.78, 5) is 15.8. The number of esters is 1. The van der Waals surface area contributed by atoms with Gasteiger partial charge in [-0.15, -0.1) is 0 Å². The van der Waals surface area contributed by atoms with Gasteiger partial charge in [0.25, 0.3) is 0 Å². The molecule has 9 heteroatoms. The van der Waals surface area contributed by atoms with E-state index in [1.165, 1.54) is 32.4 Å². The number of sulfonamides is 1. The summed E-state index contributed by atoms with van der Waals surface area (Å²) in [6.45, 7) is 0.0133. The number of methoxy groups -OCH3 is 2. The van der Waals surface area contributed by atoms with Crippen molar-refractivity contribution >= 4 is 16.0 Å². The Morgan fingerprint density at radius 2 is 2.00 bits per heavy atom. The molecule has 8 nitrogen and oxygen atoms in total. The highest BCUT2D eigenvalue weighted by atomic mass is 32.2. The first-order valence-corrected chi connectivity index (χ1v) is 9.68. The van der Waals surface area contributed by atoms with Gasteiger partial charge in [-0.3, -0.25) is 4.98 Å². The summed E-state index contributed by atoms with van der Waals surface area (Å²) >= 11 is 0. The molecule has 0 radical (unpaired) electrons. The van der Waals surface area contributed by atoms with Crippen LogP contribution < -0.4 is 9.46 Å². The number of hydrogen-bond acceptors (Lipinski definition) is 7. The van der Waals surface area contributed by atoms with Gasteiger partial charge in [0.15, 0.2) is 5.76 Å². The number of carbonyl (C=O) groups excluding carboxylic acids is 1. The van der Waals surface area contributed by atoms with Crippen LogP contribution in [0.5, 0.6) is 5.75 Å². The minimum atomic E-state index is -3.95. The van der Waals surface area contributed by atoms with E-state index in [0.29, 0.717) is 17.0 Å². The maximum atomic E-state index is 12.7. The zero-order valence-electron chi connectivity index (χ0n) is 15.2. The molecule has 2 aromatic heterocycles. The number of aromatic nitrogens is 1. The maximum absolute atomic E-state index is 12.7. The Morgan fingerprint density at radius 3 is 2.61 bits per heavy atom. The van der Waals surface area contributed by atoms with Gasteiger partial charge >= 0.3 is 5.97 Å². The molecular weight excluding hydrogens is 384 g/mol. The number of hydrogen-bond donors (Lipinski definition) is 1. The number of pyridine rings is 1. The minimum Gasteiger partial charge on any atom is -0.495 e. The molecule has 146 valence electrons. The van der Waals surface area contributed by atoms with E-state index < -0.39 is 16.0 Å². The minimum absolute atomic E-state index is 0.0133. The van der Waals surface area contributed by atoms with Gasteiger partial charge in [-0.25, -0.2) is 17.9 Å². The predicted octanol–water partition coefficient (Wildman–Crippen LogP) is 2.62.